The molecule has 8 heteroatoms. The van der Waals surface area contributed by atoms with Crippen molar-refractivity contribution in [2.45, 2.75) is 5.16 Å². The molecule has 0 fully saturated rings. The van der Waals surface area contributed by atoms with Crippen molar-refractivity contribution in [1.82, 2.24) is 9.97 Å². The topological polar surface area (TPSA) is 107 Å². The van der Waals surface area contributed by atoms with E-state index in [-0.39, 0.29) is 23.3 Å². The molecule has 1 aromatic carbocycles. The summed E-state index contributed by atoms with van der Waals surface area (Å²) in [6.07, 6.45) is 0. The van der Waals surface area contributed by atoms with Crippen LogP contribution in [0.4, 0.5) is 17.3 Å². The molecule has 0 aliphatic carbocycles. The Balaban J connectivity index is 1.94. The van der Waals surface area contributed by atoms with Gasteiger partial charge < -0.3 is 16.8 Å². The molecule has 1 amide bonds. The van der Waals surface area contributed by atoms with Crippen molar-refractivity contribution in [3.05, 3.63) is 34.8 Å². The average molecular weight is 354 g/mol. The summed E-state index contributed by atoms with van der Waals surface area (Å²) in [5, 5.41) is 3.16. The highest BCUT2D eigenvalue weighted by Gasteiger charge is 2.08. The van der Waals surface area contributed by atoms with Gasteiger partial charge in [0, 0.05) is 10.5 Å². The van der Waals surface area contributed by atoms with Gasteiger partial charge in [-0.25, -0.2) is 9.97 Å². The number of thioether (sulfide) groups is 1. The second-order valence-electron chi connectivity index (χ2n) is 3.82. The van der Waals surface area contributed by atoms with Gasteiger partial charge in [-0.3, -0.25) is 4.79 Å². The lowest BCUT2D eigenvalue weighted by Gasteiger charge is -2.06. The molecule has 5 N–H and O–H groups in total. The summed E-state index contributed by atoms with van der Waals surface area (Å²) in [6.45, 7) is 0. The first-order valence-electron chi connectivity index (χ1n) is 5.62. The van der Waals surface area contributed by atoms with Gasteiger partial charge in [-0.1, -0.05) is 23.9 Å². The predicted molar refractivity (Wildman–Crippen MR) is 84.4 cm³/mol. The monoisotopic (exact) mass is 353 g/mol. The number of hydrogen-bond acceptors (Lipinski definition) is 6. The third-order valence-electron chi connectivity index (χ3n) is 2.23. The fourth-order valence-electron chi connectivity index (χ4n) is 1.41. The van der Waals surface area contributed by atoms with E-state index in [4.69, 9.17) is 11.5 Å². The highest BCUT2D eigenvalue weighted by atomic mass is 79.9. The van der Waals surface area contributed by atoms with Crippen molar-refractivity contribution in [1.29, 1.82) is 0 Å². The summed E-state index contributed by atoms with van der Waals surface area (Å²) < 4.78 is 0.822. The number of nitrogens with zero attached hydrogens (tertiary/aromatic N) is 2. The minimum absolute atomic E-state index is 0.161. The molecule has 0 atom stereocenters. The van der Waals surface area contributed by atoms with Gasteiger partial charge in [0.1, 0.15) is 11.6 Å². The maximum Gasteiger partial charge on any atom is 0.234 e. The highest BCUT2D eigenvalue weighted by Crippen LogP contribution is 2.22. The highest BCUT2D eigenvalue weighted by molar-refractivity contribution is 9.10. The number of nitrogen functional groups attached to an aromatic ring is 2. The number of benzene rings is 1. The van der Waals surface area contributed by atoms with Crippen molar-refractivity contribution < 1.29 is 4.79 Å². The number of carbonyl (C=O) groups is 1. The zero-order valence-electron chi connectivity index (χ0n) is 10.3. The number of carbonyl (C=O) groups excluding carboxylic acids is 1. The van der Waals surface area contributed by atoms with Crippen molar-refractivity contribution in [2.24, 2.45) is 0 Å². The lowest BCUT2D eigenvalue weighted by molar-refractivity contribution is -0.113. The van der Waals surface area contributed by atoms with Crippen molar-refractivity contribution in [3.8, 4) is 0 Å². The molecule has 2 aromatic rings. The summed E-state index contributed by atoms with van der Waals surface area (Å²) in [5.41, 5.74) is 11.8. The van der Waals surface area contributed by atoms with E-state index in [1.54, 1.807) is 0 Å². The van der Waals surface area contributed by atoms with Gasteiger partial charge >= 0.3 is 0 Å². The van der Waals surface area contributed by atoms with Gasteiger partial charge in [0.15, 0.2) is 5.16 Å². The number of anilines is 3. The van der Waals surface area contributed by atoms with Crippen LogP contribution in [-0.2, 0) is 4.79 Å². The zero-order valence-corrected chi connectivity index (χ0v) is 12.7. The van der Waals surface area contributed by atoms with E-state index in [0.717, 1.165) is 4.47 Å². The quantitative estimate of drug-likeness (QED) is 0.574. The fraction of sp³-hybridized carbons (Fsp3) is 0.0833. The van der Waals surface area contributed by atoms with Crippen LogP contribution >= 0.6 is 27.7 Å². The van der Waals surface area contributed by atoms with Crippen molar-refractivity contribution in [2.75, 3.05) is 22.5 Å². The number of rotatable bonds is 4. The first kappa shape index (κ1) is 14.6. The Bertz CT molecular complexity index is 617. The predicted octanol–water partition coefficient (Wildman–Crippen LogP) is 2.13. The van der Waals surface area contributed by atoms with E-state index >= 15 is 0 Å². The van der Waals surface area contributed by atoms with Crippen LogP contribution < -0.4 is 16.8 Å². The number of para-hydroxylation sites is 1. The lowest BCUT2D eigenvalue weighted by atomic mass is 10.3. The minimum atomic E-state index is -0.161. The van der Waals surface area contributed by atoms with Crippen LogP contribution in [0.2, 0.25) is 0 Å². The molecule has 0 bridgehead atoms. The van der Waals surface area contributed by atoms with E-state index < -0.39 is 0 Å². The maximum absolute atomic E-state index is 11.8. The summed E-state index contributed by atoms with van der Waals surface area (Å²) in [5.74, 6) is 0.577. The molecule has 0 spiro atoms. The Labute approximate surface area is 128 Å². The van der Waals surface area contributed by atoms with E-state index in [2.05, 4.69) is 31.2 Å². The Morgan fingerprint density at radius 3 is 2.55 bits per heavy atom. The zero-order chi connectivity index (χ0) is 14.5. The molecule has 1 aromatic heterocycles. The molecule has 0 saturated heterocycles. The molecule has 0 aliphatic heterocycles. The van der Waals surface area contributed by atoms with E-state index in [1.807, 2.05) is 24.3 Å². The third-order valence-corrected chi connectivity index (χ3v) is 3.76. The number of aromatic nitrogens is 2. The Hall–Kier alpha value is -1.80. The maximum atomic E-state index is 11.8. The molecule has 0 radical (unpaired) electrons. The molecular weight excluding hydrogens is 342 g/mol. The smallest absolute Gasteiger partial charge is 0.234 e. The fourth-order valence-corrected chi connectivity index (χ4v) is 2.46. The number of amides is 1. The minimum Gasteiger partial charge on any atom is -0.383 e. The molecule has 0 saturated carbocycles. The van der Waals surface area contributed by atoms with Crippen LogP contribution in [0.1, 0.15) is 0 Å². The Morgan fingerprint density at radius 1 is 1.25 bits per heavy atom. The van der Waals surface area contributed by atoms with Crippen molar-refractivity contribution >= 4 is 50.9 Å². The van der Waals surface area contributed by atoms with Gasteiger partial charge in [0.2, 0.25) is 5.91 Å². The van der Waals surface area contributed by atoms with Crippen LogP contribution in [-0.4, -0.2) is 21.6 Å². The molecule has 20 heavy (non-hydrogen) atoms. The van der Waals surface area contributed by atoms with Crippen LogP contribution in [0.3, 0.4) is 0 Å². The SMILES string of the molecule is Nc1cc(N)nc(SCC(=O)Nc2ccccc2Br)n1. The molecule has 6 nitrogen and oxygen atoms in total. The largest absolute Gasteiger partial charge is 0.383 e. The van der Waals surface area contributed by atoms with E-state index in [0.29, 0.717) is 10.8 Å². The Morgan fingerprint density at radius 2 is 1.90 bits per heavy atom. The van der Waals surface area contributed by atoms with Gasteiger partial charge in [-0.2, -0.15) is 0 Å². The Kier molecular flexibility index (Phi) is 4.80. The molecule has 104 valence electrons. The van der Waals surface area contributed by atoms with E-state index in [9.17, 15) is 4.79 Å². The van der Waals surface area contributed by atoms with Crippen LogP contribution in [0.25, 0.3) is 0 Å². The van der Waals surface area contributed by atoms with Crippen LogP contribution in [0, 0.1) is 0 Å². The average Bonchev–Trinajstić information content (AvgIpc) is 2.38. The number of hydrogen-bond donors (Lipinski definition) is 3. The number of halogens is 1. The summed E-state index contributed by atoms with van der Waals surface area (Å²) in [4.78, 5) is 19.8. The molecular formula is C12H12BrN5OS. The molecule has 1 heterocycles. The first-order valence-corrected chi connectivity index (χ1v) is 7.39. The van der Waals surface area contributed by atoms with E-state index in [1.165, 1.54) is 17.8 Å². The molecule has 2 rings (SSSR count). The lowest BCUT2D eigenvalue weighted by Crippen LogP contribution is -2.14. The normalized spacial score (nSPS) is 10.2. The second-order valence-corrected chi connectivity index (χ2v) is 5.61. The van der Waals surface area contributed by atoms with Crippen LogP contribution in [0.5, 0.6) is 0 Å². The summed E-state index contributed by atoms with van der Waals surface area (Å²) in [7, 11) is 0. The molecule has 0 unspecified atom stereocenters. The first-order chi connectivity index (χ1) is 9.54. The number of nitrogens with one attached hydrogen (secondary N) is 1. The number of nitrogens with two attached hydrogens (primary N) is 2. The van der Waals surface area contributed by atoms with Gasteiger partial charge in [-0.15, -0.1) is 0 Å². The molecule has 0 aliphatic rings. The standard InChI is InChI=1S/C12H12BrN5OS/c13-7-3-1-2-4-8(7)16-11(19)6-20-12-17-9(14)5-10(15)18-12/h1-5H,6H2,(H,16,19)(H4,14,15,17,18). The van der Waals surface area contributed by atoms with Crippen LogP contribution in [0.15, 0.2) is 40.0 Å². The summed E-state index contributed by atoms with van der Waals surface area (Å²) in [6, 6.07) is 8.84. The van der Waals surface area contributed by atoms with Gasteiger partial charge in [0.05, 0.1) is 11.4 Å². The third kappa shape index (κ3) is 4.10. The second kappa shape index (κ2) is 6.58. The van der Waals surface area contributed by atoms with Gasteiger partial charge in [-0.05, 0) is 28.1 Å². The van der Waals surface area contributed by atoms with Crippen molar-refractivity contribution in [3.63, 3.8) is 0 Å². The summed E-state index contributed by atoms with van der Waals surface area (Å²) >= 11 is 4.53. The van der Waals surface area contributed by atoms with Gasteiger partial charge in [0.25, 0.3) is 0 Å².